The average Bonchev–Trinajstić information content (AvgIpc) is 3.41. The fourth-order valence-electron chi connectivity index (χ4n) is 5.00. The van der Waals surface area contributed by atoms with E-state index in [4.69, 9.17) is 9.57 Å². The third-order valence-corrected chi connectivity index (χ3v) is 8.71. The summed E-state index contributed by atoms with van der Waals surface area (Å²) in [6, 6.07) is 35.2. The smallest absolute Gasteiger partial charge is 0.310 e. The zero-order valence-corrected chi connectivity index (χ0v) is 28.1. The van der Waals surface area contributed by atoms with Gasteiger partial charge in [0, 0.05) is 17.5 Å². The van der Waals surface area contributed by atoms with Crippen molar-refractivity contribution in [3.05, 3.63) is 125 Å². The van der Waals surface area contributed by atoms with E-state index in [9.17, 15) is 4.79 Å². The molecule has 0 unspecified atom stereocenters. The number of anilines is 1. The summed E-state index contributed by atoms with van der Waals surface area (Å²) >= 11 is 1.59. The number of hydroxylamine groups is 1. The van der Waals surface area contributed by atoms with Gasteiger partial charge in [-0.15, -0.1) is 10.2 Å². The number of benzene rings is 4. The van der Waals surface area contributed by atoms with E-state index in [-0.39, 0.29) is 17.8 Å². The van der Waals surface area contributed by atoms with Crippen LogP contribution in [-0.4, -0.2) is 33.9 Å². The minimum atomic E-state index is -0.225. The highest BCUT2D eigenvalue weighted by Gasteiger charge is 2.16. The number of rotatable bonds is 13. The number of esters is 1. The molecule has 5 rings (SSSR count). The lowest BCUT2D eigenvalue weighted by Crippen LogP contribution is -2.24. The van der Waals surface area contributed by atoms with Crippen molar-refractivity contribution >= 4 is 23.4 Å². The first-order valence-corrected chi connectivity index (χ1v) is 16.5. The predicted molar refractivity (Wildman–Crippen MR) is 185 cm³/mol. The molecule has 0 fully saturated rings. The Balaban J connectivity index is 1.26. The van der Waals surface area contributed by atoms with Crippen LogP contribution in [0.5, 0.6) is 0 Å². The molecule has 1 heterocycles. The quantitative estimate of drug-likeness (QED) is 0.0955. The van der Waals surface area contributed by atoms with Crippen molar-refractivity contribution in [3.63, 3.8) is 0 Å². The van der Waals surface area contributed by atoms with E-state index in [0.717, 1.165) is 44.7 Å². The number of ether oxygens (including phenoxy) is 1. The molecule has 4 aromatic carbocycles. The van der Waals surface area contributed by atoms with Gasteiger partial charge in [0.1, 0.15) is 0 Å². The van der Waals surface area contributed by atoms with E-state index in [1.807, 2.05) is 66.1 Å². The van der Waals surface area contributed by atoms with Crippen LogP contribution < -0.4 is 5.06 Å². The van der Waals surface area contributed by atoms with Gasteiger partial charge in [0.2, 0.25) is 0 Å². The van der Waals surface area contributed by atoms with Crippen LogP contribution >= 0.6 is 11.8 Å². The number of carbonyl (C=O) groups excluding carboxylic acids is 1. The lowest BCUT2D eigenvalue weighted by atomic mass is 9.87. The summed E-state index contributed by atoms with van der Waals surface area (Å²) in [5.74, 6) is 0.618. The summed E-state index contributed by atoms with van der Waals surface area (Å²) in [7, 11) is 2.01. The van der Waals surface area contributed by atoms with Crippen LogP contribution in [0.25, 0.3) is 11.4 Å². The maximum atomic E-state index is 11.9. The van der Waals surface area contributed by atoms with Gasteiger partial charge in [-0.25, -0.2) is 5.06 Å². The molecule has 0 aliphatic heterocycles. The zero-order valence-electron chi connectivity index (χ0n) is 27.3. The van der Waals surface area contributed by atoms with E-state index in [2.05, 4.69) is 91.6 Å². The first kappa shape index (κ1) is 33.0. The Bertz CT molecular complexity index is 1690. The number of carbonyl (C=O) groups is 1. The van der Waals surface area contributed by atoms with Crippen LogP contribution in [0.15, 0.2) is 113 Å². The molecule has 0 aliphatic carbocycles. The highest BCUT2D eigenvalue weighted by Crippen LogP contribution is 2.31. The molecule has 8 heteroatoms. The second-order valence-corrected chi connectivity index (χ2v) is 13.2. The van der Waals surface area contributed by atoms with Crippen LogP contribution in [0.4, 0.5) is 5.69 Å². The third kappa shape index (κ3) is 8.86. The van der Waals surface area contributed by atoms with Crippen molar-refractivity contribution in [3.8, 4) is 11.4 Å². The molecule has 0 radical (unpaired) electrons. The lowest BCUT2D eigenvalue weighted by Gasteiger charge is -2.24. The zero-order chi connectivity index (χ0) is 32.5. The van der Waals surface area contributed by atoms with Gasteiger partial charge in [-0.05, 0) is 77.0 Å². The van der Waals surface area contributed by atoms with Crippen LogP contribution in [0.1, 0.15) is 49.9 Å². The van der Waals surface area contributed by atoms with Crippen LogP contribution in [0, 0.1) is 0 Å². The second-order valence-electron chi connectivity index (χ2n) is 12.2. The normalized spacial score (nSPS) is 11.4. The van der Waals surface area contributed by atoms with Gasteiger partial charge in [0.05, 0.1) is 31.9 Å². The molecule has 46 heavy (non-hydrogen) atoms. The van der Waals surface area contributed by atoms with Crippen LogP contribution in [0.2, 0.25) is 0 Å². The molecule has 0 saturated heterocycles. The molecule has 1 aromatic heterocycles. The number of hydrogen-bond donors (Lipinski definition) is 0. The fourth-order valence-corrected chi connectivity index (χ4v) is 5.79. The molecule has 0 N–H and O–H groups in total. The molecular weight excluding hydrogens is 593 g/mol. The van der Waals surface area contributed by atoms with Crippen molar-refractivity contribution < 1.29 is 14.4 Å². The number of nitrogens with zero attached hydrogens (tertiary/aromatic N) is 4. The Morgan fingerprint density at radius 2 is 1.50 bits per heavy atom. The minimum absolute atomic E-state index is 0.104. The molecule has 7 nitrogen and oxygen atoms in total. The molecule has 0 saturated carbocycles. The first-order chi connectivity index (χ1) is 22.2. The highest BCUT2D eigenvalue weighted by molar-refractivity contribution is 7.99. The van der Waals surface area contributed by atoms with Gasteiger partial charge in [-0.3, -0.25) is 9.63 Å². The fraction of sp³-hybridized carbons (Fsp3) is 0.289. The summed E-state index contributed by atoms with van der Waals surface area (Å²) < 4.78 is 7.14. The number of aromatic nitrogens is 3. The maximum absolute atomic E-state index is 11.9. The van der Waals surface area contributed by atoms with Crippen molar-refractivity contribution in [1.82, 2.24) is 14.8 Å². The maximum Gasteiger partial charge on any atom is 0.310 e. The van der Waals surface area contributed by atoms with E-state index in [0.29, 0.717) is 19.8 Å². The van der Waals surface area contributed by atoms with E-state index in [1.54, 1.807) is 11.8 Å². The third-order valence-electron chi connectivity index (χ3n) is 7.66. The monoisotopic (exact) mass is 634 g/mol. The summed E-state index contributed by atoms with van der Waals surface area (Å²) in [6.45, 7) is 9.94. The molecule has 5 aromatic rings. The first-order valence-electron chi connectivity index (χ1n) is 15.7. The summed E-state index contributed by atoms with van der Waals surface area (Å²) in [4.78, 5) is 19.3. The van der Waals surface area contributed by atoms with Crippen molar-refractivity contribution in [1.29, 1.82) is 0 Å². The Kier molecular flexibility index (Phi) is 10.9. The van der Waals surface area contributed by atoms with Gasteiger partial charge >= 0.3 is 5.97 Å². The average molecular weight is 635 g/mol. The standard InChI is InChI=1S/C38H42N4O3S/c1-6-44-35(43)26-29-12-20-33(21-13-29)42(45-25-24-28-10-8-7-9-11-28)27-30-14-22-34(23-15-30)46-37-40-39-36(41(37)5)31-16-18-32(19-17-31)38(2,3)4/h7-23H,6,24-27H2,1-5H3. The second kappa shape index (κ2) is 15.3. The largest absolute Gasteiger partial charge is 0.466 e. The molecule has 0 atom stereocenters. The Labute approximate surface area is 276 Å². The number of hydrogen-bond acceptors (Lipinski definition) is 7. The van der Waals surface area contributed by atoms with Gasteiger partial charge < -0.3 is 9.30 Å². The summed E-state index contributed by atoms with van der Waals surface area (Å²) in [6.07, 6.45) is 1.05. The van der Waals surface area contributed by atoms with E-state index >= 15 is 0 Å². The van der Waals surface area contributed by atoms with Gasteiger partial charge in [0.15, 0.2) is 11.0 Å². The van der Waals surface area contributed by atoms with Crippen LogP contribution in [0.3, 0.4) is 0 Å². The molecule has 238 valence electrons. The van der Waals surface area contributed by atoms with Gasteiger partial charge in [-0.2, -0.15) is 0 Å². The lowest BCUT2D eigenvalue weighted by molar-refractivity contribution is -0.142. The van der Waals surface area contributed by atoms with Crippen molar-refractivity contribution in [2.45, 2.75) is 62.5 Å². The van der Waals surface area contributed by atoms with Gasteiger partial charge in [0.25, 0.3) is 0 Å². The molecule has 0 bridgehead atoms. The molecule has 0 spiro atoms. The highest BCUT2D eigenvalue weighted by atomic mass is 32.2. The van der Waals surface area contributed by atoms with E-state index in [1.165, 1.54) is 11.1 Å². The van der Waals surface area contributed by atoms with Gasteiger partial charge in [-0.1, -0.05) is 99.6 Å². The SMILES string of the molecule is CCOC(=O)Cc1ccc(N(Cc2ccc(Sc3nnc(-c4ccc(C(C)(C)C)cc4)n3C)cc2)OCCc2ccccc2)cc1. The van der Waals surface area contributed by atoms with Crippen molar-refractivity contribution in [2.75, 3.05) is 18.3 Å². The van der Waals surface area contributed by atoms with E-state index < -0.39 is 0 Å². The topological polar surface area (TPSA) is 69.5 Å². The Hall–Kier alpha value is -4.40. The van der Waals surface area contributed by atoms with Crippen molar-refractivity contribution in [2.24, 2.45) is 7.05 Å². The molecule has 0 aliphatic rings. The van der Waals surface area contributed by atoms with Crippen LogP contribution in [-0.2, 0) is 46.2 Å². The molecule has 0 amide bonds. The summed E-state index contributed by atoms with van der Waals surface area (Å²) in [5, 5.41) is 11.7. The summed E-state index contributed by atoms with van der Waals surface area (Å²) in [5.41, 5.74) is 6.60. The Morgan fingerprint density at radius 3 is 2.15 bits per heavy atom. The Morgan fingerprint density at radius 1 is 0.826 bits per heavy atom. The predicted octanol–water partition coefficient (Wildman–Crippen LogP) is 8.22. The molecular formula is C38H42N4O3S. The minimum Gasteiger partial charge on any atom is -0.466 e.